The quantitative estimate of drug-likeness (QED) is 0.674. The van der Waals surface area contributed by atoms with Gasteiger partial charge in [-0.05, 0) is 104 Å². The smallest absolute Gasteiger partial charge is 0.305 e. The van der Waals surface area contributed by atoms with Gasteiger partial charge in [0.25, 0.3) is 0 Å². The van der Waals surface area contributed by atoms with Gasteiger partial charge in [-0.3, -0.25) is 4.79 Å². The second-order valence-electron chi connectivity index (χ2n) is 11.7. The van der Waals surface area contributed by atoms with Crippen LogP contribution in [0.25, 0.3) is 0 Å². The van der Waals surface area contributed by atoms with Gasteiger partial charge in [0, 0.05) is 12.5 Å². The predicted octanol–water partition coefficient (Wildman–Crippen LogP) is 4.53. The number of esters is 1. The van der Waals surface area contributed by atoms with Crippen LogP contribution in [-0.2, 0) is 9.53 Å². The minimum Gasteiger partial charge on any atom is -0.469 e. The zero-order valence-electron chi connectivity index (χ0n) is 19.0. The highest BCUT2D eigenvalue weighted by atomic mass is 16.5. The van der Waals surface area contributed by atoms with Crippen molar-refractivity contribution in [2.75, 3.05) is 7.11 Å². The van der Waals surface area contributed by atoms with E-state index in [1.165, 1.54) is 39.2 Å². The third-order valence-corrected chi connectivity index (χ3v) is 10.5. The minimum atomic E-state index is -0.155. The molecule has 0 amide bonds. The highest BCUT2D eigenvalue weighted by Crippen LogP contribution is 2.68. The van der Waals surface area contributed by atoms with Crippen LogP contribution in [0.2, 0.25) is 0 Å². The number of rotatable bonds is 4. The Balaban J connectivity index is 1.53. The van der Waals surface area contributed by atoms with Crippen LogP contribution >= 0.6 is 0 Å². The third kappa shape index (κ3) is 3.46. The molecule has 0 aliphatic heterocycles. The number of carbonyl (C=O) groups excluding carboxylic acids is 1. The fourth-order valence-corrected chi connectivity index (χ4v) is 8.88. The molecule has 4 heteroatoms. The van der Waals surface area contributed by atoms with E-state index in [0.717, 1.165) is 25.7 Å². The summed E-state index contributed by atoms with van der Waals surface area (Å²) in [5.74, 6) is 3.47. The molecule has 29 heavy (non-hydrogen) atoms. The van der Waals surface area contributed by atoms with Gasteiger partial charge in [0.1, 0.15) is 0 Å². The van der Waals surface area contributed by atoms with Crippen LogP contribution in [0, 0.1) is 46.3 Å². The Morgan fingerprint density at radius 3 is 2.52 bits per heavy atom. The van der Waals surface area contributed by atoms with Crippen molar-refractivity contribution in [2.45, 2.75) is 97.1 Å². The lowest BCUT2D eigenvalue weighted by molar-refractivity contribution is -0.166. The largest absolute Gasteiger partial charge is 0.469 e. The van der Waals surface area contributed by atoms with Crippen molar-refractivity contribution >= 4 is 5.97 Å². The summed E-state index contributed by atoms with van der Waals surface area (Å²) in [6, 6.07) is 0.331. The molecule has 166 valence electrons. The molecule has 4 rings (SSSR count). The summed E-state index contributed by atoms with van der Waals surface area (Å²) in [6.45, 7) is 7.38. The van der Waals surface area contributed by atoms with Crippen LogP contribution in [0.4, 0.5) is 0 Å². The van der Waals surface area contributed by atoms with E-state index in [2.05, 4.69) is 20.8 Å². The molecule has 4 saturated carbocycles. The van der Waals surface area contributed by atoms with Gasteiger partial charge in [-0.1, -0.05) is 20.8 Å². The predicted molar refractivity (Wildman–Crippen MR) is 115 cm³/mol. The van der Waals surface area contributed by atoms with Crippen molar-refractivity contribution in [2.24, 2.45) is 52.1 Å². The second kappa shape index (κ2) is 7.82. The maximum absolute atomic E-state index is 11.7. The van der Waals surface area contributed by atoms with Gasteiger partial charge in [-0.25, -0.2) is 0 Å². The summed E-state index contributed by atoms with van der Waals surface area (Å²) in [4.78, 5) is 11.7. The fraction of sp³-hybridized carbons (Fsp3) is 0.960. The molecule has 4 unspecified atom stereocenters. The van der Waals surface area contributed by atoms with Gasteiger partial charge in [-0.2, -0.15) is 0 Å². The van der Waals surface area contributed by atoms with Crippen LogP contribution in [0.1, 0.15) is 85.0 Å². The number of aliphatic hydroxyl groups is 1. The van der Waals surface area contributed by atoms with Crippen molar-refractivity contribution < 1.29 is 14.6 Å². The molecule has 4 nitrogen and oxygen atoms in total. The van der Waals surface area contributed by atoms with Crippen molar-refractivity contribution in [1.29, 1.82) is 0 Å². The van der Waals surface area contributed by atoms with Crippen molar-refractivity contribution in [3.05, 3.63) is 0 Å². The average Bonchev–Trinajstić information content (AvgIpc) is 3.04. The lowest BCUT2D eigenvalue weighted by Gasteiger charge is -2.62. The summed E-state index contributed by atoms with van der Waals surface area (Å²) in [5, 5.41) is 11.3. The molecular formula is C25H43NO3. The third-order valence-electron chi connectivity index (χ3n) is 10.5. The molecule has 4 aliphatic rings. The number of carbonyl (C=O) groups is 1. The van der Waals surface area contributed by atoms with Crippen LogP contribution in [0.15, 0.2) is 0 Å². The van der Waals surface area contributed by atoms with E-state index in [0.29, 0.717) is 58.8 Å². The average molecular weight is 406 g/mol. The Bertz CT molecular complexity index is 623. The Morgan fingerprint density at radius 2 is 1.79 bits per heavy atom. The zero-order chi connectivity index (χ0) is 21.0. The lowest BCUT2D eigenvalue weighted by atomic mass is 9.43. The van der Waals surface area contributed by atoms with Crippen molar-refractivity contribution in [3.8, 4) is 0 Å². The first-order valence-electron chi connectivity index (χ1n) is 12.2. The van der Waals surface area contributed by atoms with Crippen molar-refractivity contribution in [1.82, 2.24) is 0 Å². The Labute approximate surface area is 177 Å². The van der Waals surface area contributed by atoms with E-state index >= 15 is 0 Å². The van der Waals surface area contributed by atoms with Gasteiger partial charge in [0.2, 0.25) is 0 Å². The number of fused-ring (bicyclic) bond motifs is 5. The van der Waals surface area contributed by atoms with E-state index in [1.807, 2.05) is 0 Å². The molecule has 4 fully saturated rings. The van der Waals surface area contributed by atoms with Crippen molar-refractivity contribution in [3.63, 3.8) is 0 Å². The molecule has 0 aromatic heterocycles. The summed E-state index contributed by atoms with van der Waals surface area (Å²) < 4.78 is 4.87. The highest BCUT2D eigenvalue weighted by molar-refractivity contribution is 5.69. The molecule has 0 aromatic carbocycles. The van der Waals surface area contributed by atoms with E-state index < -0.39 is 0 Å². The van der Waals surface area contributed by atoms with Gasteiger partial charge >= 0.3 is 5.97 Å². The maximum Gasteiger partial charge on any atom is 0.305 e. The lowest BCUT2D eigenvalue weighted by Crippen LogP contribution is -2.59. The van der Waals surface area contributed by atoms with E-state index in [-0.39, 0.29) is 12.1 Å². The molecule has 0 saturated heterocycles. The molecule has 4 aliphatic carbocycles. The van der Waals surface area contributed by atoms with Crippen LogP contribution in [0.5, 0.6) is 0 Å². The molecular weight excluding hydrogens is 362 g/mol. The molecule has 0 radical (unpaired) electrons. The molecule has 0 aromatic rings. The molecule has 0 spiro atoms. The normalized spacial score (nSPS) is 50.2. The Kier molecular flexibility index (Phi) is 5.83. The summed E-state index contributed by atoms with van der Waals surface area (Å²) in [5.41, 5.74) is 7.00. The number of nitrogens with two attached hydrogens (primary N) is 1. The first kappa shape index (κ1) is 21.6. The number of hydrogen-bond acceptors (Lipinski definition) is 4. The Morgan fingerprint density at radius 1 is 1.10 bits per heavy atom. The Hall–Kier alpha value is -0.610. The topological polar surface area (TPSA) is 72.5 Å². The molecule has 0 bridgehead atoms. The van der Waals surface area contributed by atoms with Crippen LogP contribution in [0.3, 0.4) is 0 Å². The van der Waals surface area contributed by atoms with E-state index in [9.17, 15) is 9.90 Å². The van der Waals surface area contributed by atoms with Crippen LogP contribution < -0.4 is 5.73 Å². The number of aliphatic hydroxyl groups excluding tert-OH is 1. The summed E-state index contributed by atoms with van der Waals surface area (Å²) >= 11 is 0. The summed E-state index contributed by atoms with van der Waals surface area (Å²) in [6.07, 6.45) is 10.8. The standard InChI is InChI=1S/C25H43NO3/c1-15(5-8-22(28)29-4)18-6-7-19-23-20(10-12-25(18,19)3)24(2)11-9-17(26)13-16(24)14-21(23)27/h15-21,23,27H,5-14,26H2,1-4H3/t15-,16?,17-,18-,19?,20?,21+,23?,24+,25-/m1/s1. The number of ether oxygens (including phenoxy) is 1. The molecule has 3 N–H and O–H groups in total. The van der Waals surface area contributed by atoms with Gasteiger partial charge in [0.05, 0.1) is 13.2 Å². The first-order valence-corrected chi connectivity index (χ1v) is 12.2. The zero-order valence-corrected chi connectivity index (χ0v) is 19.0. The SMILES string of the molecule is COC(=O)CC[C@@H](C)[C@H]1CCC2C3C(CC[C@@]21C)[C@@]1(C)CC[C@@H](N)CC1C[C@@H]3O. The number of methoxy groups -OCH3 is 1. The fourth-order valence-electron chi connectivity index (χ4n) is 8.88. The maximum atomic E-state index is 11.7. The van der Waals surface area contributed by atoms with E-state index in [1.54, 1.807) is 0 Å². The van der Waals surface area contributed by atoms with Gasteiger partial charge < -0.3 is 15.6 Å². The summed E-state index contributed by atoms with van der Waals surface area (Å²) in [7, 11) is 1.48. The minimum absolute atomic E-state index is 0.0857. The van der Waals surface area contributed by atoms with Gasteiger partial charge in [-0.15, -0.1) is 0 Å². The molecule has 0 heterocycles. The second-order valence-corrected chi connectivity index (χ2v) is 11.7. The number of hydrogen-bond donors (Lipinski definition) is 2. The van der Waals surface area contributed by atoms with Gasteiger partial charge in [0.15, 0.2) is 0 Å². The monoisotopic (exact) mass is 405 g/mol. The molecule has 10 atom stereocenters. The van der Waals surface area contributed by atoms with Crippen LogP contribution in [-0.4, -0.2) is 30.3 Å². The first-order chi connectivity index (χ1) is 13.7. The van der Waals surface area contributed by atoms with E-state index in [4.69, 9.17) is 10.5 Å². The highest BCUT2D eigenvalue weighted by Gasteiger charge is 2.62.